The molecule has 0 aromatic heterocycles. The largest absolute Gasteiger partial charge is 0.391 e. The second-order valence-electron chi connectivity index (χ2n) is 4.57. The van der Waals surface area contributed by atoms with E-state index in [0.717, 1.165) is 25.0 Å². The number of hydrogen-bond donors (Lipinski definition) is 2. The molecule has 20 heavy (non-hydrogen) atoms. The van der Waals surface area contributed by atoms with Gasteiger partial charge in [-0.05, 0) is 5.92 Å². The highest BCUT2D eigenvalue weighted by Crippen LogP contribution is 2.30. The molecule has 1 unspecified atom stereocenters. The van der Waals surface area contributed by atoms with E-state index >= 15 is 0 Å². The number of nitrogens with zero attached hydrogens (tertiary/aromatic N) is 1. The summed E-state index contributed by atoms with van der Waals surface area (Å²) >= 11 is 5.53. The molecule has 0 saturated heterocycles. The van der Waals surface area contributed by atoms with Gasteiger partial charge in [0.1, 0.15) is 11.5 Å². The highest BCUT2D eigenvalue weighted by Gasteiger charge is 2.20. The van der Waals surface area contributed by atoms with Crippen molar-refractivity contribution in [2.45, 2.75) is 32.8 Å². The average molecular weight is 305 g/mol. The van der Waals surface area contributed by atoms with Crippen LogP contribution in [0.2, 0.25) is 5.02 Å². The van der Waals surface area contributed by atoms with Crippen LogP contribution in [0.15, 0.2) is 12.1 Å². The van der Waals surface area contributed by atoms with Crippen LogP contribution in [0.3, 0.4) is 0 Å². The van der Waals surface area contributed by atoms with Gasteiger partial charge in [0.2, 0.25) is 0 Å². The highest BCUT2D eigenvalue weighted by atomic mass is 35.5. The van der Waals surface area contributed by atoms with Gasteiger partial charge in [0.15, 0.2) is 0 Å². The first kappa shape index (κ1) is 16.7. The van der Waals surface area contributed by atoms with Crippen molar-refractivity contribution in [1.29, 1.82) is 0 Å². The summed E-state index contributed by atoms with van der Waals surface area (Å²) in [6.45, 7) is 4.04. The molecule has 0 aliphatic carbocycles. The van der Waals surface area contributed by atoms with E-state index in [2.05, 4.69) is 5.32 Å². The van der Waals surface area contributed by atoms with E-state index in [0.29, 0.717) is 0 Å². The van der Waals surface area contributed by atoms with E-state index in [4.69, 9.17) is 11.6 Å². The number of nitro benzene ring substituents is 1. The Labute approximate surface area is 121 Å². The molecule has 1 atom stereocenters. The Bertz CT molecular complexity index is 481. The summed E-state index contributed by atoms with van der Waals surface area (Å²) in [6.07, 6.45) is 0.954. The summed E-state index contributed by atoms with van der Waals surface area (Å²) in [4.78, 5) is 10.3. The van der Waals surface area contributed by atoms with Crippen molar-refractivity contribution in [3.63, 3.8) is 0 Å². The summed E-state index contributed by atoms with van der Waals surface area (Å²) < 4.78 is 13.4. The molecule has 0 amide bonds. The molecule has 0 radical (unpaired) electrons. The van der Waals surface area contributed by atoms with Crippen molar-refractivity contribution in [3.05, 3.63) is 33.1 Å². The Morgan fingerprint density at radius 2 is 2.05 bits per heavy atom. The monoisotopic (exact) mass is 304 g/mol. The maximum Gasteiger partial charge on any atom is 0.294 e. The summed E-state index contributed by atoms with van der Waals surface area (Å²) in [7, 11) is 0. The molecule has 7 heteroatoms. The first-order valence-electron chi connectivity index (χ1n) is 6.46. The van der Waals surface area contributed by atoms with Crippen LogP contribution in [-0.4, -0.2) is 22.7 Å². The Balaban J connectivity index is 2.87. The smallest absolute Gasteiger partial charge is 0.294 e. The number of halogens is 2. The molecular formula is C13H18ClFN2O3. The zero-order chi connectivity index (χ0) is 15.3. The van der Waals surface area contributed by atoms with Gasteiger partial charge >= 0.3 is 0 Å². The number of benzene rings is 1. The SMILES string of the molecule is CCC(CC)C(O)CNc1cc(F)c(Cl)cc1[N+](=O)[O-]. The Morgan fingerprint density at radius 1 is 1.45 bits per heavy atom. The number of nitrogens with one attached hydrogen (secondary N) is 1. The second-order valence-corrected chi connectivity index (χ2v) is 4.97. The summed E-state index contributed by atoms with van der Waals surface area (Å²) in [5, 5.41) is 23.3. The van der Waals surface area contributed by atoms with Gasteiger partial charge in [-0.25, -0.2) is 4.39 Å². The van der Waals surface area contributed by atoms with Crippen LogP contribution in [-0.2, 0) is 0 Å². The second kappa shape index (κ2) is 7.40. The van der Waals surface area contributed by atoms with Crippen LogP contribution in [0, 0.1) is 21.8 Å². The molecule has 0 aliphatic rings. The predicted octanol–water partition coefficient (Wildman–Crippen LogP) is 3.60. The summed E-state index contributed by atoms with van der Waals surface area (Å²) in [5.41, 5.74) is -0.296. The Hall–Kier alpha value is -1.40. The van der Waals surface area contributed by atoms with Crippen LogP contribution in [0.5, 0.6) is 0 Å². The van der Waals surface area contributed by atoms with Gasteiger partial charge in [-0.1, -0.05) is 38.3 Å². The van der Waals surface area contributed by atoms with Gasteiger partial charge < -0.3 is 10.4 Å². The number of anilines is 1. The molecule has 0 fully saturated rings. The Morgan fingerprint density at radius 3 is 2.55 bits per heavy atom. The average Bonchev–Trinajstić information content (AvgIpc) is 2.40. The lowest BCUT2D eigenvalue weighted by Gasteiger charge is -2.20. The topological polar surface area (TPSA) is 75.4 Å². The minimum Gasteiger partial charge on any atom is -0.391 e. The molecule has 5 nitrogen and oxygen atoms in total. The minimum absolute atomic E-state index is 0.0157. The van der Waals surface area contributed by atoms with E-state index in [1.54, 1.807) is 0 Å². The van der Waals surface area contributed by atoms with Crippen LogP contribution >= 0.6 is 11.6 Å². The molecule has 1 aromatic rings. The van der Waals surface area contributed by atoms with Gasteiger partial charge in [0.05, 0.1) is 16.0 Å². The van der Waals surface area contributed by atoms with Gasteiger partial charge in [-0.15, -0.1) is 0 Å². The minimum atomic E-state index is -0.739. The van der Waals surface area contributed by atoms with E-state index in [1.165, 1.54) is 0 Å². The third-order valence-electron chi connectivity index (χ3n) is 3.33. The number of rotatable bonds is 7. The molecule has 1 aromatic carbocycles. The van der Waals surface area contributed by atoms with Gasteiger partial charge in [0.25, 0.3) is 5.69 Å². The lowest BCUT2D eigenvalue weighted by Crippen LogP contribution is -2.27. The lowest BCUT2D eigenvalue weighted by molar-refractivity contribution is -0.384. The van der Waals surface area contributed by atoms with Gasteiger partial charge in [0, 0.05) is 18.7 Å². The third kappa shape index (κ3) is 4.05. The van der Waals surface area contributed by atoms with Crippen molar-refractivity contribution in [2.24, 2.45) is 5.92 Å². The summed E-state index contributed by atoms with van der Waals surface area (Å²) in [5.74, 6) is -0.643. The first-order chi connectivity index (χ1) is 9.40. The van der Waals surface area contributed by atoms with E-state index < -0.39 is 16.8 Å². The highest BCUT2D eigenvalue weighted by molar-refractivity contribution is 6.31. The van der Waals surface area contributed by atoms with Gasteiger partial charge in [-0.3, -0.25) is 10.1 Å². The third-order valence-corrected chi connectivity index (χ3v) is 3.62. The maximum atomic E-state index is 13.4. The molecule has 112 valence electrons. The van der Waals surface area contributed by atoms with Crippen molar-refractivity contribution < 1.29 is 14.4 Å². The van der Waals surface area contributed by atoms with Crippen molar-refractivity contribution in [2.75, 3.05) is 11.9 Å². The zero-order valence-corrected chi connectivity index (χ0v) is 12.2. The molecular weight excluding hydrogens is 287 g/mol. The zero-order valence-electron chi connectivity index (χ0n) is 11.4. The molecule has 0 saturated carbocycles. The number of aliphatic hydroxyl groups excluding tert-OH is 1. The van der Waals surface area contributed by atoms with E-state index in [-0.39, 0.29) is 28.9 Å². The van der Waals surface area contributed by atoms with Crippen LogP contribution in [0.25, 0.3) is 0 Å². The fraction of sp³-hybridized carbons (Fsp3) is 0.538. The fourth-order valence-corrected chi connectivity index (χ4v) is 2.20. The molecule has 0 heterocycles. The maximum absolute atomic E-state index is 13.4. The normalized spacial score (nSPS) is 12.5. The number of aliphatic hydroxyl groups is 1. The van der Waals surface area contributed by atoms with Crippen molar-refractivity contribution in [3.8, 4) is 0 Å². The van der Waals surface area contributed by atoms with Gasteiger partial charge in [-0.2, -0.15) is 0 Å². The lowest BCUT2D eigenvalue weighted by atomic mass is 9.96. The van der Waals surface area contributed by atoms with Crippen LogP contribution in [0.4, 0.5) is 15.8 Å². The molecule has 1 rings (SSSR count). The molecule has 0 bridgehead atoms. The van der Waals surface area contributed by atoms with E-state index in [1.807, 2.05) is 13.8 Å². The number of hydrogen-bond acceptors (Lipinski definition) is 4. The van der Waals surface area contributed by atoms with Crippen molar-refractivity contribution in [1.82, 2.24) is 0 Å². The summed E-state index contributed by atoms with van der Waals surface area (Å²) in [6, 6.07) is 1.93. The predicted molar refractivity (Wildman–Crippen MR) is 76.6 cm³/mol. The molecule has 0 aliphatic heterocycles. The quantitative estimate of drug-likeness (QED) is 0.596. The molecule has 0 spiro atoms. The molecule has 2 N–H and O–H groups in total. The fourth-order valence-electron chi connectivity index (χ4n) is 2.04. The standard InChI is InChI=1S/C13H18ClFN2O3/c1-3-8(4-2)13(18)7-16-11-6-10(15)9(14)5-12(11)17(19)20/h5-6,8,13,16,18H,3-4,7H2,1-2H3. The van der Waals surface area contributed by atoms with Crippen molar-refractivity contribution >= 4 is 23.0 Å². The van der Waals surface area contributed by atoms with Crippen LogP contribution in [0.1, 0.15) is 26.7 Å². The number of nitro groups is 1. The first-order valence-corrected chi connectivity index (χ1v) is 6.83. The Kier molecular flexibility index (Phi) is 6.16. The van der Waals surface area contributed by atoms with Crippen LogP contribution < -0.4 is 5.32 Å². The van der Waals surface area contributed by atoms with E-state index in [9.17, 15) is 19.6 Å².